The zero-order valence-electron chi connectivity index (χ0n) is 8.78. The van der Waals surface area contributed by atoms with Crippen molar-refractivity contribution in [2.45, 2.75) is 25.3 Å². The van der Waals surface area contributed by atoms with Gasteiger partial charge < -0.3 is 5.32 Å². The molecule has 0 radical (unpaired) electrons. The Bertz CT molecular complexity index is 260. The highest BCUT2D eigenvalue weighted by Gasteiger charge is 2.20. The van der Waals surface area contributed by atoms with Crippen LogP contribution in [0.5, 0.6) is 0 Å². The summed E-state index contributed by atoms with van der Waals surface area (Å²) in [5.41, 5.74) is 0. The molecule has 0 heterocycles. The van der Waals surface area contributed by atoms with Gasteiger partial charge in [0, 0.05) is 20.1 Å². The summed E-state index contributed by atoms with van der Waals surface area (Å²) >= 11 is 0. The summed E-state index contributed by atoms with van der Waals surface area (Å²) in [4.78, 5) is 2.40. The molecule has 2 N–H and O–H groups in total. The van der Waals surface area contributed by atoms with Crippen LogP contribution in [0.3, 0.4) is 0 Å². The maximum Gasteiger partial charge on any atom is 0.224 e. The van der Waals surface area contributed by atoms with Crippen LogP contribution >= 0.6 is 0 Å². The van der Waals surface area contributed by atoms with Crippen molar-refractivity contribution in [1.82, 2.24) is 15.2 Å². The highest BCUT2D eigenvalue weighted by molar-refractivity contribution is 7.89. The quantitative estimate of drug-likeness (QED) is 0.450. The van der Waals surface area contributed by atoms with E-state index in [0.717, 1.165) is 6.54 Å². The summed E-state index contributed by atoms with van der Waals surface area (Å²) < 4.78 is 22.6. The number of hydrogen-bond acceptors (Lipinski definition) is 4. The van der Waals surface area contributed by atoms with E-state index < -0.39 is 10.0 Å². The topological polar surface area (TPSA) is 61.4 Å². The van der Waals surface area contributed by atoms with Gasteiger partial charge in [-0.25, -0.2) is 13.4 Å². The Morgan fingerprint density at radius 1 is 1.36 bits per heavy atom. The van der Waals surface area contributed by atoms with Crippen molar-refractivity contribution in [2.75, 3.05) is 26.4 Å². The van der Waals surface area contributed by atoms with Crippen molar-refractivity contribution in [3.05, 3.63) is 0 Å². The molecule has 0 unspecified atom stereocenters. The first-order chi connectivity index (χ1) is 6.49. The molecule has 0 bridgehead atoms. The van der Waals surface area contributed by atoms with E-state index in [9.17, 15) is 8.42 Å². The Morgan fingerprint density at radius 2 is 2.00 bits per heavy atom. The van der Waals surface area contributed by atoms with Gasteiger partial charge in [0.25, 0.3) is 0 Å². The van der Waals surface area contributed by atoms with Gasteiger partial charge in [0.05, 0.1) is 5.75 Å². The number of nitrogens with zero attached hydrogens (tertiary/aromatic N) is 1. The van der Waals surface area contributed by atoms with Gasteiger partial charge in [-0.2, -0.15) is 0 Å². The van der Waals surface area contributed by atoms with E-state index in [-0.39, 0.29) is 5.75 Å². The number of hydrogen-bond donors (Lipinski definition) is 2. The first-order valence-electron chi connectivity index (χ1n) is 4.90. The molecule has 0 atom stereocenters. The van der Waals surface area contributed by atoms with Gasteiger partial charge in [-0.15, -0.1) is 4.83 Å². The maximum absolute atomic E-state index is 11.3. The second kappa shape index (κ2) is 5.06. The molecule has 0 aromatic heterocycles. The van der Waals surface area contributed by atoms with Crippen LogP contribution in [0.1, 0.15) is 19.3 Å². The van der Waals surface area contributed by atoms with Crippen LogP contribution in [0, 0.1) is 0 Å². The van der Waals surface area contributed by atoms with Gasteiger partial charge in [0.1, 0.15) is 0 Å². The highest BCUT2D eigenvalue weighted by atomic mass is 32.2. The summed E-state index contributed by atoms with van der Waals surface area (Å²) in [5, 5.41) is 4.72. The van der Waals surface area contributed by atoms with Crippen molar-refractivity contribution >= 4 is 10.0 Å². The van der Waals surface area contributed by atoms with Crippen molar-refractivity contribution < 1.29 is 8.42 Å². The normalized spacial score (nSPS) is 17.6. The monoisotopic (exact) mass is 221 g/mol. The molecule has 1 aliphatic carbocycles. The van der Waals surface area contributed by atoms with Crippen molar-refractivity contribution in [3.8, 4) is 0 Å². The van der Waals surface area contributed by atoms with Crippen molar-refractivity contribution in [3.63, 3.8) is 0 Å². The van der Waals surface area contributed by atoms with Gasteiger partial charge in [0.2, 0.25) is 10.0 Å². The predicted molar refractivity (Wildman–Crippen MR) is 56.3 cm³/mol. The molecule has 14 heavy (non-hydrogen) atoms. The minimum absolute atomic E-state index is 0.185. The Kier molecular flexibility index (Phi) is 4.31. The lowest BCUT2D eigenvalue weighted by Gasteiger charge is -2.12. The Labute approximate surface area is 85.9 Å². The van der Waals surface area contributed by atoms with Crippen LogP contribution in [0.4, 0.5) is 0 Å². The lowest BCUT2D eigenvalue weighted by Crippen LogP contribution is -2.38. The fourth-order valence-corrected chi connectivity index (χ4v) is 2.35. The molecule has 1 fully saturated rings. The molecular formula is C8H19N3O2S. The molecule has 6 heteroatoms. The van der Waals surface area contributed by atoms with Crippen LogP contribution in [0.25, 0.3) is 0 Å². The third-order valence-corrected chi connectivity index (χ3v) is 3.39. The van der Waals surface area contributed by atoms with Crippen LogP contribution < -0.4 is 10.1 Å². The Balaban J connectivity index is 2.08. The fraction of sp³-hybridized carbons (Fsp3) is 1.00. The van der Waals surface area contributed by atoms with Crippen molar-refractivity contribution in [2.24, 2.45) is 0 Å². The lowest BCUT2D eigenvalue weighted by atomic mass is 10.5. The standard InChI is InChI=1S/C8H19N3O2S/c1-11(2)10-14(12,13)7-3-6-9-8-4-5-8/h8-10H,3-7H2,1-2H3. The third-order valence-electron chi connectivity index (χ3n) is 1.92. The number of nitrogens with one attached hydrogen (secondary N) is 2. The summed E-state index contributed by atoms with van der Waals surface area (Å²) in [7, 11) is 0.211. The molecule has 0 spiro atoms. The zero-order chi connectivity index (χ0) is 10.6. The minimum atomic E-state index is -3.12. The maximum atomic E-state index is 11.3. The van der Waals surface area contributed by atoms with Gasteiger partial charge in [-0.3, -0.25) is 0 Å². The van der Waals surface area contributed by atoms with Gasteiger partial charge in [-0.05, 0) is 25.8 Å². The van der Waals surface area contributed by atoms with E-state index in [1.807, 2.05) is 0 Å². The number of hydrazine groups is 1. The molecule has 0 aromatic rings. The van der Waals surface area contributed by atoms with Gasteiger partial charge in [-0.1, -0.05) is 0 Å². The Hall–Kier alpha value is -0.170. The van der Waals surface area contributed by atoms with Crippen LogP contribution in [-0.2, 0) is 10.0 Å². The predicted octanol–water partition coefficient (Wildman–Crippen LogP) is -0.475. The van der Waals surface area contributed by atoms with Crippen LogP contribution in [0.15, 0.2) is 0 Å². The van der Waals surface area contributed by atoms with Crippen molar-refractivity contribution in [1.29, 1.82) is 0 Å². The molecule has 1 saturated carbocycles. The average molecular weight is 221 g/mol. The summed E-state index contributed by atoms with van der Waals surface area (Å²) in [6, 6.07) is 0.652. The smallest absolute Gasteiger partial charge is 0.224 e. The van der Waals surface area contributed by atoms with E-state index in [0.29, 0.717) is 12.5 Å². The van der Waals surface area contributed by atoms with E-state index in [2.05, 4.69) is 10.1 Å². The zero-order valence-corrected chi connectivity index (χ0v) is 9.60. The van der Waals surface area contributed by atoms with Crippen LogP contribution in [-0.4, -0.2) is 45.9 Å². The van der Waals surface area contributed by atoms with E-state index in [4.69, 9.17) is 0 Å². The van der Waals surface area contributed by atoms with Gasteiger partial charge in [0.15, 0.2) is 0 Å². The molecule has 0 saturated heterocycles. The minimum Gasteiger partial charge on any atom is -0.314 e. The molecule has 0 aromatic carbocycles. The highest BCUT2D eigenvalue weighted by Crippen LogP contribution is 2.18. The fourth-order valence-electron chi connectivity index (χ4n) is 1.18. The molecule has 0 aliphatic heterocycles. The summed E-state index contributed by atoms with van der Waals surface area (Å²) in [6.45, 7) is 0.791. The number of sulfonamides is 1. The third kappa shape index (κ3) is 5.54. The molecule has 1 rings (SSSR count). The summed E-state index contributed by atoms with van der Waals surface area (Å²) in [5.74, 6) is 0.185. The Morgan fingerprint density at radius 3 is 2.50 bits per heavy atom. The van der Waals surface area contributed by atoms with E-state index >= 15 is 0 Å². The van der Waals surface area contributed by atoms with Gasteiger partial charge >= 0.3 is 0 Å². The molecule has 84 valence electrons. The van der Waals surface area contributed by atoms with E-state index in [1.165, 1.54) is 17.9 Å². The first kappa shape index (κ1) is 11.9. The van der Waals surface area contributed by atoms with E-state index in [1.54, 1.807) is 14.1 Å². The molecular weight excluding hydrogens is 202 g/mol. The number of rotatable bonds is 7. The second-order valence-electron chi connectivity index (χ2n) is 3.89. The lowest BCUT2D eigenvalue weighted by molar-refractivity contribution is 0.363. The SMILES string of the molecule is CN(C)NS(=O)(=O)CCCNC1CC1. The second-order valence-corrected chi connectivity index (χ2v) is 5.71. The first-order valence-corrected chi connectivity index (χ1v) is 6.56. The van der Waals surface area contributed by atoms with Crippen LogP contribution in [0.2, 0.25) is 0 Å². The largest absolute Gasteiger partial charge is 0.314 e. The molecule has 1 aliphatic rings. The molecule has 5 nitrogen and oxygen atoms in total. The molecule has 0 amide bonds. The average Bonchev–Trinajstić information content (AvgIpc) is 2.78. The summed E-state index contributed by atoms with van der Waals surface area (Å²) in [6.07, 6.45) is 3.14.